The van der Waals surface area contributed by atoms with E-state index in [1.54, 1.807) is 12.0 Å². The van der Waals surface area contributed by atoms with Crippen LogP contribution >= 0.6 is 0 Å². The Labute approximate surface area is 167 Å². The molecular weight excluding hydrogens is 373 g/mol. The lowest BCUT2D eigenvalue weighted by molar-refractivity contribution is 0.0663. The minimum atomic E-state index is -0.599. The van der Waals surface area contributed by atoms with Crippen molar-refractivity contribution in [3.05, 3.63) is 81.0 Å². The summed E-state index contributed by atoms with van der Waals surface area (Å²) in [4.78, 5) is 27.9. The summed E-state index contributed by atoms with van der Waals surface area (Å²) in [7, 11) is 1.56. The van der Waals surface area contributed by atoms with Crippen LogP contribution in [0.15, 0.2) is 51.7 Å². The summed E-state index contributed by atoms with van der Waals surface area (Å²) >= 11 is 0. The van der Waals surface area contributed by atoms with E-state index >= 15 is 0 Å². The molecule has 2 aromatic carbocycles. The number of amides is 1. The summed E-state index contributed by atoms with van der Waals surface area (Å²) in [5, 5.41) is 0.133. The molecule has 1 aliphatic rings. The van der Waals surface area contributed by atoms with Crippen molar-refractivity contribution >= 4 is 16.9 Å². The third kappa shape index (κ3) is 3.23. The molecular formula is C23H22FNO4. The number of ether oxygens (including phenoxy) is 1. The highest BCUT2D eigenvalue weighted by atomic mass is 19.1. The van der Waals surface area contributed by atoms with Gasteiger partial charge in [-0.1, -0.05) is 38.1 Å². The highest BCUT2D eigenvalue weighted by Crippen LogP contribution is 2.38. The zero-order valence-corrected chi connectivity index (χ0v) is 16.6. The van der Waals surface area contributed by atoms with E-state index in [4.69, 9.17) is 9.15 Å². The van der Waals surface area contributed by atoms with Crippen LogP contribution in [-0.2, 0) is 4.74 Å². The molecule has 1 aromatic heterocycles. The number of hydrogen-bond acceptors (Lipinski definition) is 4. The van der Waals surface area contributed by atoms with Crippen LogP contribution in [0.3, 0.4) is 0 Å². The fraction of sp³-hybridized carbons (Fsp3) is 0.304. The zero-order valence-electron chi connectivity index (χ0n) is 16.6. The summed E-state index contributed by atoms with van der Waals surface area (Å²) in [5.41, 5.74) is 2.04. The van der Waals surface area contributed by atoms with Gasteiger partial charge in [0, 0.05) is 13.7 Å². The maximum atomic E-state index is 13.8. The minimum Gasteiger partial charge on any atom is -0.450 e. The Kier molecular flexibility index (Phi) is 4.96. The first kappa shape index (κ1) is 19.3. The van der Waals surface area contributed by atoms with Crippen LogP contribution in [0.1, 0.15) is 53.1 Å². The van der Waals surface area contributed by atoms with Gasteiger partial charge in [-0.15, -0.1) is 0 Å². The van der Waals surface area contributed by atoms with Gasteiger partial charge < -0.3 is 14.1 Å². The number of benzene rings is 2. The Hall–Kier alpha value is -2.99. The van der Waals surface area contributed by atoms with E-state index in [0.29, 0.717) is 19.1 Å². The molecule has 29 heavy (non-hydrogen) atoms. The summed E-state index contributed by atoms with van der Waals surface area (Å²) in [6.07, 6.45) is 0. The van der Waals surface area contributed by atoms with Crippen molar-refractivity contribution in [3.8, 4) is 0 Å². The Morgan fingerprint density at radius 1 is 1.14 bits per heavy atom. The van der Waals surface area contributed by atoms with Crippen LogP contribution in [0.4, 0.5) is 4.39 Å². The number of rotatable bonds is 5. The molecule has 0 spiro atoms. The molecule has 5 nitrogen and oxygen atoms in total. The van der Waals surface area contributed by atoms with Crippen LogP contribution in [0.25, 0.3) is 11.0 Å². The lowest BCUT2D eigenvalue weighted by Gasteiger charge is -2.25. The average Bonchev–Trinajstić information content (AvgIpc) is 2.99. The van der Waals surface area contributed by atoms with Gasteiger partial charge in [-0.3, -0.25) is 9.59 Å². The van der Waals surface area contributed by atoms with E-state index in [0.717, 1.165) is 17.2 Å². The second-order valence-electron chi connectivity index (χ2n) is 7.53. The van der Waals surface area contributed by atoms with Crippen LogP contribution in [-0.4, -0.2) is 31.1 Å². The Morgan fingerprint density at radius 3 is 2.52 bits per heavy atom. The number of nitrogens with zero attached hydrogens (tertiary/aromatic N) is 1. The van der Waals surface area contributed by atoms with Crippen molar-refractivity contribution in [1.29, 1.82) is 0 Å². The number of carbonyl (C=O) groups is 1. The van der Waals surface area contributed by atoms with Gasteiger partial charge in [-0.25, -0.2) is 4.39 Å². The van der Waals surface area contributed by atoms with Crippen LogP contribution in [0.5, 0.6) is 0 Å². The van der Waals surface area contributed by atoms with Crippen molar-refractivity contribution in [1.82, 2.24) is 4.90 Å². The van der Waals surface area contributed by atoms with E-state index in [9.17, 15) is 14.0 Å². The van der Waals surface area contributed by atoms with E-state index in [1.807, 2.05) is 24.3 Å². The zero-order chi connectivity index (χ0) is 20.7. The smallest absolute Gasteiger partial charge is 0.290 e. The molecule has 0 radical (unpaired) electrons. The monoisotopic (exact) mass is 395 g/mol. The van der Waals surface area contributed by atoms with Crippen molar-refractivity contribution in [2.75, 3.05) is 20.3 Å². The summed E-state index contributed by atoms with van der Waals surface area (Å²) in [6.45, 7) is 4.83. The van der Waals surface area contributed by atoms with Gasteiger partial charge in [0.15, 0.2) is 5.43 Å². The molecule has 0 fully saturated rings. The normalized spacial score (nSPS) is 16.1. The van der Waals surface area contributed by atoms with E-state index in [1.165, 1.54) is 12.1 Å². The van der Waals surface area contributed by atoms with Gasteiger partial charge in [0.05, 0.1) is 23.6 Å². The van der Waals surface area contributed by atoms with E-state index in [-0.39, 0.29) is 33.6 Å². The first-order valence-corrected chi connectivity index (χ1v) is 9.58. The standard InChI is InChI=1S/C23H22FNO4/c1-13(2)14-4-6-15(7-5-14)20-19-21(26)17-12-16(24)8-9-18(17)29-22(19)23(27)25(20)10-11-28-3/h4-9,12-13,20H,10-11H2,1-3H3. The molecule has 0 aliphatic carbocycles. The van der Waals surface area contributed by atoms with Crippen molar-refractivity contribution in [2.24, 2.45) is 0 Å². The second kappa shape index (κ2) is 7.44. The fourth-order valence-corrected chi connectivity index (χ4v) is 3.82. The molecule has 1 atom stereocenters. The van der Waals surface area contributed by atoms with Gasteiger partial charge in [0.1, 0.15) is 11.4 Å². The molecule has 0 bridgehead atoms. The molecule has 1 aliphatic heterocycles. The van der Waals surface area contributed by atoms with Crippen LogP contribution in [0, 0.1) is 5.82 Å². The fourth-order valence-electron chi connectivity index (χ4n) is 3.82. The van der Waals surface area contributed by atoms with Crippen molar-refractivity contribution in [2.45, 2.75) is 25.8 Å². The molecule has 4 rings (SSSR count). The highest BCUT2D eigenvalue weighted by Gasteiger charge is 2.42. The molecule has 3 aromatic rings. The Balaban J connectivity index is 1.92. The maximum absolute atomic E-state index is 13.8. The van der Waals surface area contributed by atoms with Gasteiger partial charge >= 0.3 is 0 Å². The quantitative estimate of drug-likeness (QED) is 0.648. The summed E-state index contributed by atoms with van der Waals surface area (Å²) in [6, 6.07) is 11.0. The molecule has 0 saturated heterocycles. The van der Waals surface area contributed by atoms with Gasteiger partial charge in [-0.2, -0.15) is 0 Å². The topological polar surface area (TPSA) is 59.8 Å². The largest absolute Gasteiger partial charge is 0.450 e. The highest BCUT2D eigenvalue weighted by molar-refractivity contribution is 5.99. The van der Waals surface area contributed by atoms with Gasteiger partial charge in [0.25, 0.3) is 5.91 Å². The number of halogens is 1. The van der Waals surface area contributed by atoms with E-state index in [2.05, 4.69) is 13.8 Å². The summed E-state index contributed by atoms with van der Waals surface area (Å²) in [5.74, 6) is -0.507. The van der Waals surface area contributed by atoms with Gasteiger partial charge in [0.2, 0.25) is 5.76 Å². The van der Waals surface area contributed by atoms with E-state index < -0.39 is 11.9 Å². The molecule has 150 valence electrons. The number of hydrogen-bond donors (Lipinski definition) is 0. The molecule has 6 heteroatoms. The predicted molar refractivity (Wildman–Crippen MR) is 108 cm³/mol. The average molecular weight is 395 g/mol. The second-order valence-corrected chi connectivity index (χ2v) is 7.53. The first-order valence-electron chi connectivity index (χ1n) is 9.58. The lowest BCUT2D eigenvalue weighted by Crippen LogP contribution is -2.32. The lowest BCUT2D eigenvalue weighted by atomic mass is 9.95. The Morgan fingerprint density at radius 2 is 1.86 bits per heavy atom. The molecule has 0 N–H and O–H groups in total. The van der Waals surface area contributed by atoms with Crippen molar-refractivity contribution in [3.63, 3.8) is 0 Å². The third-order valence-corrected chi connectivity index (χ3v) is 5.38. The number of methoxy groups -OCH3 is 1. The molecule has 1 amide bonds. The number of fused-ring (bicyclic) bond motifs is 2. The predicted octanol–water partition coefficient (Wildman–Crippen LogP) is 4.25. The molecule has 1 unspecified atom stereocenters. The first-order chi connectivity index (χ1) is 13.9. The third-order valence-electron chi connectivity index (χ3n) is 5.38. The molecule has 2 heterocycles. The minimum absolute atomic E-state index is 0.0168. The summed E-state index contributed by atoms with van der Waals surface area (Å²) < 4.78 is 24.7. The SMILES string of the molecule is COCCN1C(=O)c2oc3ccc(F)cc3c(=O)c2C1c1ccc(C(C)C)cc1. The number of carbonyl (C=O) groups excluding carboxylic acids is 1. The van der Waals surface area contributed by atoms with Crippen LogP contribution < -0.4 is 5.43 Å². The molecule has 0 saturated carbocycles. The van der Waals surface area contributed by atoms with Gasteiger partial charge in [-0.05, 0) is 35.2 Å². The Bertz CT molecular complexity index is 1130. The van der Waals surface area contributed by atoms with Crippen molar-refractivity contribution < 1.29 is 18.3 Å². The van der Waals surface area contributed by atoms with Crippen LogP contribution in [0.2, 0.25) is 0 Å². The maximum Gasteiger partial charge on any atom is 0.290 e.